The SMILES string of the molecule is CCC(NC(=O)N(C)CCCC(=O)O)c1cccs1. The monoisotopic (exact) mass is 284 g/mol. The van der Waals surface area contributed by atoms with E-state index in [2.05, 4.69) is 5.32 Å². The summed E-state index contributed by atoms with van der Waals surface area (Å²) in [5.74, 6) is -0.834. The van der Waals surface area contributed by atoms with Gasteiger partial charge in [0.2, 0.25) is 0 Å². The number of aliphatic carboxylic acids is 1. The molecule has 1 heterocycles. The third-order valence-corrected chi connectivity index (χ3v) is 3.81. The molecule has 2 amide bonds. The van der Waals surface area contributed by atoms with Gasteiger partial charge in [0, 0.05) is 24.9 Å². The number of carboxylic acids is 1. The van der Waals surface area contributed by atoms with Crippen molar-refractivity contribution < 1.29 is 14.7 Å². The van der Waals surface area contributed by atoms with Gasteiger partial charge in [0.15, 0.2) is 0 Å². The summed E-state index contributed by atoms with van der Waals surface area (Å²) in [6.45, 7) is 2.47. The van der Waals surface area contributed by atoms with Crippen molar-refractivity contribution >= 4 is 23.3 Å². The van der Waals surface area contributed by atoms with Crippen LogP contribution in [-0.2, 0) is 4.79 Å². The van der Waals surface area contributed by atoms with Crippen LogP contribution >= 0.6 is 11.3 Å². The highest BCUT2D eigenvalue weighted by Gasteiger charge is 2.16. The fourth-order valence-corrected chi connectivity index (χ4v) is 2.55. The van der Waals surface area contributed by atoms with Gasteiger partial charge in [-0.1, -0.05) is 13.0 Å². The Hall–Kier alpha value is -1.56. The van der Waals surface area contributed by atoms with Crippen molar-refractivity contribution in [2.24, 2.45) is 0 Å². The molecule has 19 heavy (non-hydrogen) atoms. The zero-order chi connectivity index (χ0) is 14.3. The summed E-state index contributed by atoms with van der Waals surface area (Å²) in [5.41, 5.74) is 0. The van der Waals surface area contributed by atoms with Crippen LogP contribution in [0.1, 0.15) is 37.1 Å². The first-order valence-corrected chi connectivity index (χ1v) is 7.19. The van der Waals surface area contributed by atoms with E-state index in [1.807, 2.05) is 24.4 Å². The van der Waals surface area contributed by atoms with Crippen molar-refractivity contribution in [3.63, 3.8) is 0 Å². The molecular weight excluding hydrogens is 264 g/mol. The normalized spacial score (nSPS) is 11.9. The standard InChI is InChI=1S/C13H20N2O3S/c1-3-10(11-6-5-9-19-11)14-13(18)15(2)8-4-7-12(16)17/h5-6,9-10H,3-4,7-8H2,1-2H3,(H,14,18)(H,16,17). The van der Waals surface area contributed by atoms with Gasteiger partial charge in [0.05, 0.1) is 6.04 Å². The maximum atomic E-state index is 12.0. The summed E-state index contributed by atoms with van der Waals surface area (Å²) in [7, 11) is 1.68. The fraction of sp³-hybridized carbons (Fsp3) is 0.538. The first-order valence-electron chi connectivity index (χ1n) is 6.31. The Morgan fingerprint density at radius 1 is 1.53 bits per heavy atom. The molecule has 5 nitrogen and oxygen atoms in total. The molecule has 0 saturated carbocycles. The van der Waals surface area contributed by atoms with Crippen molar-refractivity contribution in [2.75, 3.05) is 13.6 Å². The Labute approximate surface area is 117 Å². The highest BCUT2D eigenvalue weighted by molar-refractivity contribution is 7.10. The highest BCUT2D eigenvalue weighted by atomic mass is 32.1. The molecule has 0 aliphatic heterocycles. The molecule has 0 saturated heterocycles. The lowest BCUT2D eigenvalue weighted by Gasteiger charge is -2.22. The molecule has 0 radical (unpaired) electrons. The predicted molar refractivity (Wildman–Crippen MR) is 75.4 cm³/mol. The lowest BCUT2D eigenvalue weighted by molar-refractivity contribution is -0.137. The van der Waals surface area contributed by atoms with Crippen molar-refractivity contribution in [3.05, 3.63) is 22.4 Å². The average Bonchev–Trinajstić information content (AvgIpc) is 2.88. The van der Waals surface area contributed by atoms with Crippen molar-refractivity contribution in [3.8, 4) is 0 Å². The molecule has 0 bridgehead atoms. The first-order chi connectivity index (χ1) is 9.04. The summed E-state index contributed by atoms with van der Waals surface area (Å²) in [6.07, 6.45) is 1.38. The van der Waals surface area contributed by atoms with E-state index in [4.69, 9.17) is 5.11 Å². The number of hydrogen-bond acceptors (Lipinski definition) is 3. The molecule has 1 unspecified atom stereocenters. The molecule has 0 spiro atoms. The van der Waals surface area contributed by atoms with Gasteiger partial charge < -0.3 is 15.3 Å². The van der Waals surface area contributed by atoms with E-state index >= 15 is 0 Å². The van der Waals surface area contributed by atoms with E-state index in [0.29, 0.717) is 13.0 Å². The molecule has 106 valence electrons. The molecule has 1 aromatic rings. The van der Waals surface area contributed by atoms with Gasteiger partial charge in [-0.2, -0.15) is 0 Å². The van der Waals surface area contributed by atoms with Crippen LogP contribution in [0.25, 0.3) is 0 Å². The molecule has 2 N–H and O–H groups in total. The van der Waals surface area contributed by atoms with E-state index in [1.54, 1.807) is 18.4 Å². The topological polar surface area (TPSA) is 69.6 Å². The van der Waals surface area contributed by atoms with Crippen LogP contribution in [0.15, 0.2) is 17.5 Å². The van der Waals surface area contributed by atoms with E-state index in [-0.39, 0.29) is 18.5 Å². The number of amides is 2. The Morgan fingerprint density at radius 2 is 2.26 bits per heavy atom. The van der Waals surface area contributed by atoms with Crippen LogP contribution in [-0.4, -0.2) is 35.6 Å². The summed E-state index contributed by atoms with van der Waals surface area (Å²) >= 11 is 1.62. The zero-order valence-corrected chi connectivity index (χ0v) is 12.1. The third kappa shape index (κ3) is 5.30. The number of nitrogens with zero attached hydrogens (tertiary/aromatic N) is 1. The van der Waals surface area contributed by atoms with Gasteiger partial charge >= 0.3 is 12.0 Å². The van der Waals surface area contributed by atoms with E-state index in [1.165, 1.54) is 4.90 Å². The van der Waals surface area contributed by atoms with E-state index < -0.39 is 5.97 Å². The maximum absolute atomic E-state index is 12.0. The molecule has 1 atom stereocenters. The molecule has 0 fully saturated rings. The fourth-order valence-electron chi connectivity index (χ4n) is 1.69. The summed E-state index contributed by atoms with van der Waals surface area (Å²) in [4.78, 5) is 25.0. The van der Waals surface area contributed by atoms with Crippen LogP contribution in [0.4, 0.5) is 4.79 Å². The number of nitrogens with one attached hydrogen (secondary N) is 1. The number of carboxylic acid groups (broad SMARTS) is 1. The number of carbonyl (C=O) groups is 2. The van der Waals surface area contributed by atoms with Gasteiger partial charge in [-0.15, -0.1) is 11.3 Å². The first kappa shape index (κ1) is 15.5. The van der Waals surface area contributed by atoms with Crippen molar-refractivity contribution in [1.29, 1.82) is 0 Å². The molecular formula is C13H20N2O3S. The zero-order valence-electron chi connectivity index (χ0n) is 11.3. The Kier molecular flexibility index (Phi) is 6.35. The summed E-state index contributed by atoms with van der Waals surface area (Å²) in [5, 5.41) is 13.5. The Bertz CT molecular complexity index is 406. The maximum Gasteiger partial charge on any atom is 0.317 e. The summed E-state index contributed by atoms with van der Waals surface area (Å²) in [6, 6.07) is 3.83. The third-order valence-electron chi connectivity index (χ3n) is 2.82. The van der Waals surface area contributed by atoms with Gasteiger partial charge in [-0.3, -0.25) is 4.79 Å². The average molecular weight is 284 g/mol. The highest BCUT2D eigenvalue weighted by Crippen LogP contribution is 2.21. The smallest absolute Gasteiger partial charge is 0.317 e. The Balaban J connectivity index is 2.42. The quantitative estimate of drug-likeness (QED) is 0.808. The molecule has 0 aromatic carbocycles. The molecule has 1 aromatic heterocycles. The predicted octanol–water partition coefficient (Wildman–Crippen LogP) is 2.71. The van der Waals surface area contributed by atoms with Crippen LogP contribution in [0, 0.1) is 0 Å². The van der Waals surface area contributed by atoms with Crippen LogP contribution in [0.2, 0.25) is 0 Å². The second-order valence-electron chi connectivity index (χ2n) is 4.34. The van der Waals surface area contributed by atoms with Gasteiger partial charge in [-0.05, 0) is 24.3 Å². The van der Waals surface area contributed by atoms with Crippen molar-refractivity contribution in [2.45, 2.75) is 32.2 Å². The van der Waals surface area contributed by atoms with Gasteiger partial charge in [0.25, 0.3) is 0 Å². The molecule has 0 aliphatic carbocycles. The number of rotatable bonds is 7. The summed E-state index contributed by atoms with van der Waals surface area (Å²) < 4.78 is 0. The minimum absolute atomic E-state index is 0.0226. The van der Waals surface area contributed by atoms with E-state index in [0.717, 1.165) is 11.3 Å². The minimum atomic E-state index is -0.834. The van der Waals surface area contributed by atoms with Gasteiger partial charge in [0.1, 0.15) is 0 Å². The van der Waals surface area contributed by atoms with E-state index in [9.17, 15) is 9.59 Å². The molecule has 6 heteroatoms. The molecule has 0 aliphatic rings. The largest absolute Gasteiger partial charge is 0.481 e. The second-order valence-corrected chi connectivity index (χ2v) is 5.32. The number of thiophene rings is 1. The minimum Gasteiger partial charge on any atom is -0.481 e. The lowest BCUT2D eigenvalue weighted by Crippen LogP contribution is -2.39. The Morgan fingerprint density at radius 3 is 2.79 bits per heavy atom. The van der Waals surface area contributed by atoms with Crippen LogP contribution in [0.3, 0.4) is 0 Å². The number of hydrogen-bond donors (Lipinski definition) is 2. The lowest BCUT2D eigenvalue weighted by atomic mass is 10.2. The van der Waals surface area contributed by atoms with Gasteiger partial charge in [-0.25, -0.2) is 4.79 Å². The van der Waals surface area contributed by atoms with Crippen LogP contribution < -0.4 is 5.32 Å². The van der Waals surface area contributed by atoms with Crippen molar-refractivity contribution in [1.82, 2.24) is 10.2 Å². The number of urea groups is 1. The number of carbonyl (C=O) groups excluding carboxylic acids is 1. The molecule has 1 rings (SSSR count). The second kappa shape index (κ2) is 7.78. The van der Waals surface area contributed by atoms with Crippen LogP contribution in [0.5, 0.6) is 0 Å².